The lowest BCUT2D eigenvalue weighted by atomic mass is 10.2. The molecule has 6 heteroatoms. The maximum absolute atomic E-state index is 13.2. The molecule has 0 aliphatic heterocycles. The average molecular weight is 338 g/mol. The molecule has 1 atom stereocenters. The Balaban J connectivity index is 2.06. The molecule has 2 heterocycles. The summed E-state index contributed by atoms with van der Waals surface area (Å²) in [7, 11) is 0. The largest absolute Gasteiger partial charge is 0.348 e. The molecular weight excluding hydrogens is 319 g/mol. The highest BCUT2D eigenvalue weighted by Gasteiger charge is 2.18. The Morgan fingerprint density at radius 2 is 2.04 bits per heavy atom. The van der Waals surface area contributed by atoms with Gasteiger partial charge in [-0.25, -0.2) is 9.07 Å². The van der Waals surface area contributed by atoms with Gasteiger partial charge in [0.2, 0.25) is 0 Å². The second-order valence-corrected chi connectivity index (χ2v) is 5.83. The summed E-state index contributed by atoms with van der Waals surface area (Å²) < 4.78 is 14.9. The zero-order chi connectivity index (χ0) is 17.8. The van der Waals surface area contributed by atoms with Gasteiger partial charge in [0.05, 0.1) is 11.4 Å². The van der Waals surface area contributed by atoms with Gasteiger partial charge in [0.25, 0.3) is 5.91 Å². The van der Waals surface area contributed by atoms with Crippen LogP contribution >= 0.6 is 0 Å². The number of nitrogens with one attached hydrogen (secondary N) is 1. The molecular formula is C19H19FN4O. The average Bonchev–Trinajstić information content (AvgIpc) is 3.08. The molecule has 3 aromatic rings. The molecule has 0 saturated heterocycles. The number of pyridine rings is 1. The monoisotopic (exact) mass is 338 g/mol. The van der Waals surface area contributed by atoms with Crippen molar-refractivity contribution in [3.05, 3.63) is 66.4 Å². The van der Waals surface area contributed by atoms with Crippen LogP contribution in [0.1, 0.15) is 30.8 Å². The Morgan fingerprint density at radius 1 is 1.28 bits per heavy atom. The minimum absolute atomic E-state index is 0.0605. The van der Waals surface area contributed by atoms with Gasteiger partial charge >= 0.3 is 0 Å². The van der Waals surface area contributed by atoms with E-state index in [9.17, 15) is 9.18 Å². The molecule has 0 spiro atoms. The number of carbonyl (C=O) groups excluding carboxylic acids is 1. The van der Waals surface area contributed by atoms with Gasteiger partial charge in [-0.3, -0.25) is 9.78 Å². The molecule has 1 amide bonds. The van der Waals surface area contributed by atoms with Crippen molar-refractivity contribution < 1.29 is 9.18 Å². The molecule has 0 fully saturated rings. The zero-order valence-electron chi connectivity index (χ0n) is 14.1. The van der Waals surface area contributed by atoms with Gasteiger partial charge in [-0.2, -0.15) is 5.10 Å². The highest BCUT2D eigenvalue weighted by Crippen LogP contribution is 2.23. The number of benzene rings is 1. The van der Waals surface area contributed by atoms with Crippen LogP contribution in [-0.4, -0.2) is 26.7 Å². The maximum Gasteiger partial charge on any atom is 0.272 e. The second-order valence-electron chi connectivity index (χ2n) is 5.83. The van der Waals surface area contributed by atoms with E-state index in [1.165, 1.54) is 12.1 Å². The predicted octanol–water partition coefficient (Wildman–Crippen LogP) is 3.60. The quantitative estimate of drug-likeness (QED) is 0.773. The Kier molecular flexibility index (Phi) is 4.88. The first kappa shape index (κ1) is 16.8. The molecule has 0 aliphatic carbocycles. The van der Waals surface area contributed by atoms with Crippen LogP contribution in [-0.2, 0) is 0 Å². The van der Waals surface area contributed by atoms with E-state index >= 15 is 0 Å². The molecule has 25 heavy (non-hydrogen) atoms. The topological polar surface area (TPSA) is 59.8 Å². The number of nitrogens with zero attached hydrogens (tertiary/aromatic N) is 3. The predicted molar refractivity (Wildman–Crippen MR) is 94.0 cm³/mol. The van der Waals surface area contributed by atoms with Gasteiger partial charge in [-0.1, -0.05) is 6.92 Å². The summed E-state index contributed by atoms with van der Waals surface area (Å²) in [5.74, 6) is -0.561. The van der Waals surface area contributed by atoms with Gasteiger partial charge in [0, 0.05) is 24.0 Å². The van der Waals surface area contributed by atoms with Crippen molar-refractivity contribution in [2.45, 2.75) is 26.3 Å². The normalized spacial score (nSPS) is 12.0. The number of carbonyl (C=O) groups is 1. The third-order valence-electron chi connectivity index (χ3n) is 3.96. The van der Waals surface area contributed by atoms with Crippen LogP contribution in [0, 0.1) is 5.82 Å². The van der Waals surface area contributed by atoms with Crippen LogP contribution in [0.4, 0.5) is 4.39 Å². The van der Waals surface area contributed by atoms with Crippen LogP contribution in [0.2, 0.25) is 0 Å². The molecule has 1 aromatic carbocycles. The van der Waals surface area contributed by atoms with E-state index in [1.54, 1.807) is 35.3 Å². The first-order valence-corrected chi connectivity index (χ1v) is 8.15. The number of rotatable bonds is 5. The van der Waals surface area contributed by atoms with Crippen molar-refractivity contribution in [1.82, 2.24) is 20.1 Å². The van der Waals surface area contributed by atoms with Crippen LogP contribution in [0.25, 0.3) is 16.9 Å². The van der Waals surface area contributed by atoms with E-state index in [2.05, 4.69) is 15.4 Å². The fourth-order valence-corrected chi connectivity index (χ4v) is 2.39. The number of aromatic nitrogens is 3. The van der Waals surface area contributed by atoms with Crippen molar-refractivity contribution in [2.24, 2.45) is 0 Å². The van der Waals surface area contributed by atoms with Crippen molar-refractivity contribution in [1.29, 1.82) is 0 Å². The van der Waals surface area contributed by atoms with Crippen LogP contribution < -0.4 is 5.32 Å². The van der Waals surface area contributed by atoms with E-state index in [0.717, 1.165) is 12.0 Å². The summed E-state index contributed by atoms with van der Waals surface area (Å²) in [5.41, 5.74) is 2.52. The first-order chi connectivity index (χ1) is 12.1. The molecule has 1 unspecified atom stereocenters. The Morgan fingerprint density at radius 3 is 2.68 bits per heavy atom. The van der Waals surface area contributed by atoms with E-state index < -0.39 is 0 Å². The molecule has 0 bridgehead atoms. The summed E-state index contributed by atoms with van der Waals surface area (Å²) >= 11 is 0. The Labute approximate surface area is 145 Å². The molecule has 2 aromatic heterocycles. The van der Waals surface area contributed by atoms with Gasteiger partial charge in [0.15, 0.2) is 5.69 Å². The van der Waals surface area contributed by atoms with Crippen LogP contribution in [0.15, 0.2) is 54.9 Å². The summed E-state index contributed by atoms with van der Waals surface area (Å²) in [4.78, 5) is 16.6. The third-order valence-corrected chi connectivity index (χ3v) is 3.96. The highest BCUT2D eigenvalue weighted by atomic mass is 19.1. The zero-order valence-corrected chi connectivity index (χ0v) is 14.1. The van der Waals surface area contributed by atoms with Gasteiger partial charge in [-0.15, -0.1) is 0 Å². The van der Waals surface area contributed by atoms with E-state index in [1.807, 2.05) is 26.0 Å². The number of hydrogen-bond donors (Lipinski definition) is 1. The third kappa shape index (κ3) is 3.74. The standard InChI is InChI=1S/C19H19FN4O/c1-3-13(2)22-19(25)17-11-18(14-5-4-10-21-12-14)24(23-17)16-8-6-15(20)7-9-16/h4-13H,3H2,1-2H3,(H,22,25). The van der Waals surface area contributed by atoms with E-state index in [0.29, 0.717) is 17.1 Å². The second kappa shape index (κ2) is 7.25. The lowest BCUT2D eigenvalue weighted by molar-refractivity contribution is 0.0934. The van der Waals surface area contributed by atoms with Crippen molar-refractivity contribution in [3.63, 3.8) is 0 Å². The van der Waals surface area contributed by atoms with E-state index in [-0.39, 0.29) is 17.8 Å². The molecule has 0 saturated carbocycles. The van der Waals surface area contributed by atoms with E-state index in [4.69, 9.17) is 0 Å². The smallest absolute Gasteiger partial charge is 0.272 e. The summed E-state index contributed by atoms with van der Waals surface area (Å²) in [6, 6.07) is 11.5. The number of amides is 1. The fraction of sp³-hybridized carbons (Fsp3) is 0.211. The van der Waals surface area contributed by atoms with Crippen molar-refractivity contribution in [3.8, 4) is 16.9 Å². The molecule has 128 valence electrons. The van der Waals surface area contributed by atoms with Gasteiger partial charge in [-0.05, 0) is 55.8 Å². The van der Waals surface area contributed by atoms with Crippen LogP contribution in [0.5, 0.6) is 0 Å². The number of halogens is 1. The molecule has 3 rings (SSSR count). The van der Waals surface area contributed by atoms with Gasteiger partial charge < -0.3 is 5.32 Å². The Hall–Kier alpha value is -3.02. The SMILES string of the molecule is CCC(C)NC(=O)c1cc(-c2cccnc2)n(-c2ccc(F)cc2)n1. The van der Waals surface area contributed by atoms with Gasteiger partial charge in [0.1, 0.15) is 5.82 Å². The molecule has 0 aliphatic rings. The lowest BCUT2D eigenvalue weighted by Gasteiger charge is -2.09. The fourth-order valence-electron chi connectivity index (χ4n) is 2.39. The molecule has 5 nitrogen and oxygen atoms in total. The first-order valence-electron chi connectivity index (χ1n) is 8.15. The van der Waals surface area contributed by atoms with Crippen molar-refractivity contribution in [2.75, 3.05) is 0 Å². The Bertz CT molecular complexity index is 859. The van der Waals surface area contributed by atoms with Crippen molar-refractivity contribution >= 4 is 5.91 Å². The molecule has 1 N–H and O–H groups in total. The minimum atomic E-state index is -0.325. The summed E-state index contributed by atoms with van der Waals surface area (Å²) in [5, 5.41) is 7.34. The summed E-state index contributed by atoms with van der Waals surface area (Å²) in [6.07, 6.45) is 4.21. The number of hydrogen-bond acceptors (Lipinski definition) is 3. The lowest BCUT2D eigenvalue weighted by Crippen LogP contribution is -2.32. The summed E-state index contributed by atoms with van der Waals surface area (Å²) in [6.45, 7) is 3.94. The van der Waals surface area contributed by atoms with Crippen LogP contribution in [0.3, 0.4) is 0 Å². The maximum atomic E-state index is 13.2. The minimum Gasteiger partial charge on any atom is -0.348 e. The highest BCUT2D eigenvalue weighted by molar-refractivity contribution is 5.93. The molecule has 0 radical (unpaired) electrons.